The number of hydrogen-bond acceptors (Lipinski definition) is 2. The van der Waals surface area contributed by atoms with Crippen molar-refractivity contribution in [3.8, 4) is 0 Å². The van der Waals surface area contributed by atoms with Gasteiger partial charge in [0, 0.05) is 11.6 Å². The van der Waals surface area contributed by atoms with Gasteiger partial charge >= 0.3 is 0 Å². The first-order valence-corrected chi connectivity index (χ1v) is 7.29. The van der Waals surface area contributed by atoms with Crippen LogP contribution < -0.4 is 10.7 Å². The first-order valence-electron chi connectivity index (χ1n) is 6.88. The van der Waals surface area contributed by atoms with E-state index in [4.69, 9.17) is 12.2 Å². The summed E-state index contributed by atoms with van der Waals surface area (Å²) in [4.78, 5) is 0. The number of rotatable bonds is 2. The molecule has 1 aliphatic rings. The summed E-state index contributed by atoms with van der Waals surface area (Å²) in [5.74, 6) is 0. The molecular formula is C15H21N3S. The molecule has 0 aromatic heterocycles. The van der Waals surface area contributed by atoms with Gasteiger partial charge in [0.1, 0.15) is 0 Å². The van der Waals surface area contributed by atoms with Gasteiger partial charge in [-0.2, -0.15) is 5.10 Å². The fraction of sp³-hybridized carbons (Fsp3) is 0.467. The van der Waals surface area contributed by atoms with Crippen LogP contribution in [0.2, 0.25) is 0 Å². The minimum absolute atomic E-state index is 0.321. The van der Waals surface area contributed by atoms with Gasteiger partial charge in [-0.1, -0.05) is 24.3 Å². The maximum Gasteiger partial charge on any atom is 0.187 e. The molecule has 0 fully saturated rings. The average Bonchev–Trinajstić information content (AvgIpc) is 2.58. The van der Waals surface area contributed by atoms with E-state index in [2.05, 4.69) is 54.0 Å². The normalized spacial score (nSPS) is 16.9. The molecule has 1 aromatic carbocycles. The van der Waals surface area contributed by atoms with Crippen LogP contribution in [0.15, 0.2) is 29.4 Å². The number of nitrogens with one attached hydrogen (secondary N) is 2. The molecule has 0 bridgehead atoms. The monoisotopic (exact) mass is 275 g/mol. The number of aryl methyl sites for hydroxylation is 1. The maximum atomic E-state index is 5.20. The first kappa shape index (κ1) is 14.0. The summed E-state index contributed by atoms with van der Waals surface area (Å²) in [7, 11) is 0. The number of hydrogen-bond donors (Lipinski definition) is 2. The van der Waals surface area contributed by atoms with Crippen LogP contribution >= 0.6 is 12.2 Å². The number of hydrazone groups is 1. The van der Waals surface area contributed by atoms with Crippen LogP contribution in [0.4, 0.5) is 0 Å². The van der Waals surface area contributed by atoms with Crippen LogP contribution in [0.1, 0.15) is 44.2 Å². The number of thiocarbonyl (C=S) groups is 1. The second-order valence-corrected chi connectivity index (χ2v) is 5.57. The lowest BCUT2D eigenvalue weighted by Crippen LogP contribution is -2.37. The van der Waals surface area contributed by atoms with Crippen molar-refractivity contribution in [3.05, 3.63) is 35.4 Å². The quantitative estimate of drug-likeness (QED) is 0.495. The van der Waals surface area contributed by atoms with Gasteiger partial charge in [-0.3, -0.25) is 5.43 Å². The lowest BCUT2D eigenvalue weighted by atomic mass is 10.0. The van der Waals surface area contributed by atoms with Gasteiger partial charge in [-0.25, -0.2) is 0 Å². The van der Waals surface area contributed by atoms with Gasteiger partial charge < -0.3 is 5.32 Å². The van der Waals surface area contributed by atoms with Crippen LogP contribution in [0.3, 0.4) is 0 Å². The molecule has 0 amide bonds. The third-order valence-corrected chi connectivity index (χ3v) is 3.36. The Hall–Kier alpha value is -1.42. The highest BCUT2D eigenvalue weighted by atomic mass is 32.1. The summed E-state index contributed by atoms with van der Waals surface area (Å²) < 4.78 is 0. The van der Waals surface area contributed by atoms with E-state index >= 15 is 0 Å². The highest BCUT2D eigenvalue weighted by Crippen LogP contribution is 2.20. The van der Waals surface area contributed by atoms with Crippen molar-refractivity contribution in [3.63, 3.8) is 0 Å². The summed E-state index contributed by atoms with van der Waals surface area (Å²) in [6.45, 7) is 4.12. The SMILES string of the molecule is CC(C)NC(=S)N/N=C1/CCCCc2ccccc21. The standard InChI is InChI=1S/C15H21N3S/c1-11(2)16-15(19)18-17-14-10-6-4-8-12-7-3-5-9-13(12)14/h3,5,7,9,11H,4,6,8,10H2,1-2H3,(H2,16,18,19)/b17-14-. The second kappa shape index (κ2) is 6.66. The van der Waals surface area contributed by atoms with Crippen molar-refractivity contribution in [2.24, 2.45) is 5.10 Å². The molecule has 2 rings (SSSR count). The Morgan fingerprint density at radius 2 is 1.95 bits per heavy atom. The zero-order valence-electron chi connectivity index (χ0n) is 11.6. The van der Waals surface area contributed by atoms with E-state index in [1.165, 1.54) is 24.0 Å². The Morgan fingerprint density at radius 3 is 2.74 bits per heavy atom. The van der Waals surface area contributed by atoms with Crippen molar-refractivity contribution in [2.75, 3.05) is 0 Å². The summed E-state index contributed by atoms with van der Waals surface area (Å²) in [6.07, 6.45) is 4.56. The zero-order valence-corrected chi connectivity index (χ0v) is 12.4. The Kier molecular flexibility index (Phi) is 4.91. The lowest BCUT2D eigenvalue weighted by Gasteiger charge is -2.12. The fourth-order valence-corrected chi connectivity index (χ4v) is 2.57. The molecule has 1 aliphatic carbocycles. The zero-order chi connectivity index (χ0) is 13.7. The van der Waals surface area contributed by atoms with Crippen molar-refractivity contribution < 1.29 is 0 Å². The molecule has 0 saturated carbocycles. The summed E-state index contributed by atoms with van der Waals surface area (Å²) in [6, 6.07) is 8.84. The fourth-order valence-electron chi connectivity index (χ4n) is 2.29. The largest absolute Gasteiger partial charge is 0.359 e. The molecule has 0 heterocycles. The highest BCUT2D eigenvalue weighted by molar-refractivity contribution is 7.80. The third-order valence-electron chi connectivity index (χ3n) is 3.15. The van der Waals surface area contributed by atoms with Gasteiger partial charge in [0.05, 0.1) is 5.71 Å². The average molecular weight is 275 g/mol. The van der Waals surface area contributed by atoms with E-state index in [1.807, 2.05) is 0 Å². The van der Waals surface area contributed by atoms with Crippen molar-refractivity contribution in [1.29, 1.82) is 0 Å². The molecule has 0 atom stereocenters. The Labute approximate surface area is 120 Å². The second-order valence-electron chi connectivity index (χ2n) is 5.16. The molecule has 102 valence electrons. The van der Waals surface area contributed by atoms with Crippen LogP contribution in [0, 0.1) is 0 Å². The van der Waals surface area contributed by atoms with E-state index in [0.717, 1.165) is 18.6 Å². The molecule has 0 radical (unpaired) electrons. The lowest BCUT2D eigenvalue weighted by molar-refractivity contribution is 0.718. The summed E-state index contributed by atoms with van der Waals surface area (Å²) in [5, 5.41) is 8.22. The number of fused-ring (bicyclic) bond motifs is 1. The van der Waals surface area contributed by atoms with Crippen molar-refractivity contribution >= 4 is 23.0 Å². The molecule has 2 N–H and O–H groups in total. The van der Waals surface area contributed by atoms with Gasteiger partial charge in [0.15, 0.2) is 5.11 Å². The molecule has 0 unspecified atom stereocenters. The van der Waals surface area contributed by atoms with E-state index < -0.39 is 0 Å². The van der Waals surface area contributed by atoms with Gasteiger partial charge in [-0.15, -0.1) is 0 Å². The number of nitrogens with zero attached hydrogens (tertiary/aromatic N) is 1. The van der Waals surface area contributed by atoms with E-state index in [9.17, 15) is 0 Å². The number of benzene rings is 1. The first-order chi connectivity index (χ1) is 9.16. The van der Waals surface area contributed by atoms with Gasteiger partial charge in [0.25, 0.3) is 0 Å². The molecule has 0 aliphatic heterocycles. The van der Waals surface area contributed by atoms with Crippen molar-refractivity contribution in [2.45, 2.75) is 45.6 Å². The molecule has 3 nitrogen and oxygen atoms in total. The molecule has 19 heavy (non-hydrogen) atoms. The van der Waals surface area contributed by atoms with Gasteiger partial charge in [-0.05, 0) is 57.3 Å². The van der Waals surface area contributed by atoms with Crippen LogP contribution in [0.5, 0.6) is 0 Å². The van der Waals surface area contributed by atoms with Crippen molar-refractivity contribution in [1.82, 2.24) is 10.7 Å². The summed E-state index contributed by atoms with van der Waals surface area (Å²) >= 11 is 5.20. The van der Waals surface area contributed by atoms with Crippen LogP contribution in [-0.4, -0.2) is 16.9 Å². The Balaban J connectivity index is 2.13. The third kappa shape index (κ3) is 4.03. The Bertz CT molecular complexity index is 480. The minimum Gasteiger partial charge on any atom is -0.359 e. The molecular weight excluding hydrogens is 254 g/mol. The predicted octanol–water partition coefficient (Wildman–Crippen LogP) is 2.99. The Morgan fingerprint density at radius 1 is 1.21 bits per heavy atom. The molecule has 0 saturated heterocycles. The van der Waals surface area contributed by atoms with Crippen LogP contribution in [0.25, 0.3) is 0 Å². The van der Waals surface area contributed by atoms with E-state index in [0.29, 0.717) is 11.2 Å². The maximum absolute atomic E-state index is 5.20. The predicted molar refractivity (Wildman–Crippen MR) is 84.5 cm³/mol. The topological polar surface area (TPSA) is 36.4 Å². The minimum atomic E-state index is 0.321. The van der Waals surface area contributed by atoms with Gasteiger partial charge in [0.2, 0.25) is 0 Å². The van der Waals surface area contributed by atoms with Crippen LogP contribution in [-0.2, 0) is 6.42 Å². The molecule has 1 aromatic rings. The van der Waals surface area contributed by atoms with E-state index in [-0.39, 0.29) is 0 Å². The summed E-state index contributed by atoms with van der Waals surface area (Å²) in [5.41, 5.74) is 6.73. The molecule has 4 heteroatoms. The molecule has 0 spiro atoms. The smallest absolute Gasteiger partial charge is 0.187 e. The highest BCUT2D eigenvalue weighted by Gasteiger charge is 2.13. The van der Waals surface area contributed by atoms with E-state index in [1.54, 1.807) is 0 Å².